The summed E-state index contributed by atoms with van der Waals surface area (Å²) in [5, 5.41) is 13.1. The van der Waals surface area contributed by atoms with E-state index in [-0.39, 0.29) is 11.1 Å². The Balaban J connectivity index is 1.99. The van der Waals surface area contributed by atoms with Crippen molar-refractivity contribution in [3.63, 3.8) is 0 Å². The highest BCUT2D eigenvalue weighted by atomic mass is 35.5. The predicted molar refractivity (Wildman–Crippen MR) is 135 cm³/mol. The first kappa shape index (κ1) is 23.9. The fourth-order valence-corrected chi connectivity index (χ4v) is 4.57. The molecule has 0 fully saturated rings. The minimum Gasteiger partial charge on any atom is -0.362 e. The highest BCUT2D eigenvalue weighted by Gasteiger charge is 2.31. The summed E-state index contributed by atoms with van der Waals surface area (Å²) >= 11 is 12.1. The molecule has 0 aliphatic carbocycles. The molecule has 1 aliphatic heterocycles. The average Bonchev–Trinajstić information content (AvgIpc) is 2.71. The van der Waals surface area contributed by atoms with E-state index in [4.69, 9.17) is 23.2 Å². The molecule has 2 aromatic carbocycles. The molecule has 0 atom stereocenters. The molecule has 1 heterocycles. The highest BCUT2D eigenvalue weighted by molar-refractivity contribution is 6.36. The van der Waals surface area contributed by atoms with Gasteiger partial charge in [-0.15, -0.1) is 0 Å². The number of halogens is 2. The van der Waals surface area contributed by atoms with Crippen molar-refractivity contribution in [1.29, 1.82) is 5.26 Å². The summed E-state index contributed by atoms with van der Waals surface area (Å²) in [6, 6.07) is 11.0. The number of rotatable bonds is 5. The first-order chi connectivity index (χ1) is 15.1. The summed E-state index contributed by atoms with van der Waals surface area (Å²) in [4.78, 5) is 15.2. The number of amides is 1. The first-order valence-electron chi connectivity index (χ1n) is 10.6. The molecule has 0 radical (unpaired) electrons. The van der Waals surface area contributed by atoms with E-state index < -0.39 is 5.91 Å². The minimum atomic E-state index is -0.519. The number of hydrogen-bond donors (Lipinski definition) is 1. The lowest BCUT2D eigenvalue weighted by molar-refractivity contribution is -0.112. The number of benzene rings is 2. The Kier molecular flexibility index (Phi) is 7.03. The van der Waals surface area contributed by atoms with Gasteiger partial charge in [-0.25, -0.2) is 0 Å². The lowest BCUT2D eigenvalue weighted by atomic mass is 9.86. The summed E-state index contributed by atoms with van der Waals surface area (Å²) in [6.45, 7) is 11.7. The smallest absolute Gasteiger partial charge is 0.266 e. The number of hydrogen-bond acceptors (Lipinski definition) is 3. The lowest BCUT2D eigenvalue weighted by Crippen LogP contribution is -2.45. The number of nitriles is 1. The van der Waals surface area contributed by atoms with Crippen molar-refractivity contribution in [3.05, 3.63) is 68.7 Å². The van der Waals surface area contributed by atoms with Gasteiger partial charge in [0.25, 0.3) is 5.91 Å². The maximum atomic E-state index is 12.8. The minimum absolute atomic E-state index is 0.00209. The van der Waals surface area contributed by atoms with Crippen molar-refractivity contribution in [1.82, 2.24) is 0 Å². The molecule has 32 heavy (non-hydrogen) atoms. The van der Waals surface area contributed by atoms with E-state index in [0.29, 0.717) is 15.7 Å². The van der Waals surface area contributed by atoms with Gasteiger partial charge in [0.1, 0.15) is 11.6 Å². The second kappa shape index (κ2) is 9.40. The quantitative estimate of drug-likeness (QED) is 0.371. The molecular weight excluding hydrogens is 441 g/mol. The van der Waals surface area contributed by atoms with Crippen molar-refractivity contribution in [2.45, 2.75) is 46.6 Å². The van der Waals surface area contributed by atoms with Gasteiger partial charge in [0, 0.05) is 22.8 Å². The van der Waals surface area contributed by atoms with Gasteiger partial charge in [-0.1, -0.05) is 36.2 Å². The molecule has 0 saturated heterocycles. The largest absolute Gasteiger partial charge is 0.362 e. The molecule has 3 rings (SSSR count). The standard InChI is InChI=1S/C26H27Cl2N3O/c1-6-9-31-24-10-16(2)18(12-21(24)17(3)14-26(31,4)5)11-19(15-29)25(32)30-23-8-7-20(27)13-22(23)28/h7-8,10-14H,6,9H2,1-5H3,(H,30,32)/b19-11+. The van der Waals surface area contributed by atoms with Crippen molar-refractivity contribution < 1.29 is 4.79 Å². The zero-order valence-electron chi connectivity index (χ0n) is 19.0. The lowest BCUT2D eigenvalue weighted by Gasteiger charge is -2.43. The molecule has 0 aromatic heterocycles. The van der Waals surface area contributed by atoms with Crippen molar-refractivity contribution in [3.8, 4) is 6.07 Å². The second-order valence-corrected chi connectivity index (χ2v) is 9.45. The number of nitrogens with zero attached hydrogens (tertiary/aromatic N) is 2. The summed E-state index contributed by atoms with van der Waals surface area (Å²) in [5.74, 6) is -0.519. The fourth-order valence-electron chi connectivity index (χ4n) is 4.12. The second-order valence-electron chi connectivity index (χ2n) is 8.61. The SMILES string of the molecule is CCCN1c2cc(C)c(/C=C(\C#N)C(=O)Nc3ccc(Cl)cc3Cl)cc2C(C)=CC1(C)C. The summed E-state index contributed by atoms with van der Waals surface area (Å²) in [6.07, 6.45) is 4.95. The molecule has 6 heteroatoms. The summed E-state index contributed by atoms with van der Waals surface area (Å²) < 4.78 is 0. The molecule has 4 nitrogen and oxygen atoms in total. The van der Waals surface area contributed by atoms with Gasteiger partial charge in [-0.05, 0) is 87.2 Å². The maximum absolute atomic E-state index is 12.8. The topological polar surface area (TPSA) is 56.1 Å². The number of carbonyl (C=O) groups is 1. The Morgan fingerprint density at radius 1 is 1.22 bits per heavy atom. The number of allylic oxidation sites excluding steroid dienone is 1. The van der Waals surface area contributed by atoms with Crippen LogP contribution in [0.2, 0.25) is 10.0 Å². The van der Waals surface area contributed by atoms with Crippen molar-refractivity contribution in [2.24, 2.45) is 0 Å². The van der Waals surface area contributed by atoms with Crippen LogP contribution in [0.4, 0.5) is 11.4 Å². The van der Waals surface area contributed by atoms with Crippen LogP contribution in [0.3, 0.4) is 0 Å². The van der Waals surface area contributed by atoms with Crippen LogP contribution in [0.1, 0.15) is 50.8 Å². The fraction of sp³-hybridized carbons (Fsp3) is 0.308. The zero-order chi connectivity index (χ0) is 23.6. The molecule has 0 bridgehead atoms. The van der Waals surface area contributed by atoms with Crippen LogP contribution in [-0.2, 0) is 4.79 Å². The number of fused-ring (bicyclic) bond motifs is 1. The Morgan fingerprint density at radius 3 is 2.56 bits per heavy atom. The highest BCUT2D eigenvalue weighted by Crippen LogP contribution is 2.40. The normalized spacial score (nSPS) is 15.0. The van der Waals surface area contributed by atoms with Crippen LogP contribution >= 0.6 is 23.2 Å². The third-order valence-electron chi connectivity index (χ3n) is 5.66. The number of carbonyl (C=O) groups excluding carboxylic acids is 1. The summed E-state index contributed by atoms with van der Waals surface area (Å²) in [7, 11) is 0. The molecule has 1 N–H and O–H groups in total. The van der Waals surface area contributed by atoms with Gasteiger partial charge < -0.3 is 10.2 Å². The van der Waals surface area contributed by atoms with E-state index in [2.05, 4.69) is 56.1 Å². The number of aryl methyl sites for hydroxylation is 1. The van der Waals surface area contributed by atoms with E-state index >= 15 is 0 Å². The zero-order valence-corrected chi connectivity index (χ0v) is 20.5. The van der Waals surface area contributed by atoms with Crippen LogP contribution < -0.4 is 10.2 Å². The van der Waals surface area contributed by atoms with Crippen LogP contribution in [0, 0.1) is 18.3 Å². The van der Waals surface area contributed by atoms with E-state index in [9.17, 15) is 10.1 Å². The Hall–Kier alpha value is -2.74. The van der Waals surface area contributed by atoms with Crippen molar-refractivity contribution >= 4 is 52.1 Å². The van der Waals surface area contributed by atoms with Crippen molar-refractivity contribution in [2.75, 3.05) is 16.8 Å². The Morgan fingerprint density at radius 2 is 1.94 bits per heavy atom. The molecule has 0 saturated carbocycles. The van der Waals surface area contributed by atoms with E-state index in [1.807, 2.05) is 13.0 Å². The van der Waals surface area contributed by atoms with Gasteiger partial charge >= 0.3 is 0 Å². The monoisotopic (exact) mass is 467 g/mol. The van der Waals surface area contributed by atoms with E-state index in [0.717, 1.165) is 29.7 Å². The predicted octanol–water partition coefficient (Wildman–Crippen LogP) is 7.26. The molecule has 1 amide bonds. The number of nitrogens with one attached hydrogen (secondary N) is 1. The Labute approximate surface area is 200 Å². The molecule has 0 spiro atoms. The van der Waals surface area contributed by atoms with Crippen LogP contribution in [0.15, 0.2) is 42.0 Å². The average molecular weight is 468 g/mol. The molecule has 166 valence electrons. The summed E-state index contributed by atoms with van der Waals surface area (Å²) in [5.41, 5.74) is 5.65. The van der Waals surface area contributed by atoms with E-state index in [1.54, 1.807) is 24.3 Å². The van der Waals surface area contributed by atoms with Gasteiger partial charge in [0.2, 0.25) is 0 Å². The molecular formula is C26H27Cl2N3O. The van der Waals surface area contributed by atoms with Gasteiger partial charge in [0.05, 0.1) is 16.2 Å². The third-order valence-corrected chi connectivity index (χ3v) is 6.20. The molecule has 1 aliphatic rings. The van der Waals surface area contributed by atoms with Gasteiger partial charge in [0.15, 0.2) is 0 Å². The Bertz CT molecular complexity index is 1170. The van der Waals surface area contributed by atoms with Gasteiger partial charge in [-0.2, -0.15) is 5.26 Å². The van der Waals surface area contributed by atoms with Gasteiger partial charge in [-0.3, -0.25) is 4.79 Å². The van der Waals surface area contributed by atoms with E-state index in [1.165, 1.54) is 11.3 Å². The van der Waals surface area contributed by atoms with Crippen LogP contribution in [0.25, 0.3) is 11.6 Å². The maximum Gasteiger partial charge on any atom is 0.266 e. The molecule has 2 aromatic rings. The van der Waals surface area contributed by atoms with Crippen LogP contribution in [-0.4, -0.2) is 18.0 Å². The number of anilines is 2. The van der Waals surface area contributed by atoms with Crippen LogP contribution in [0.5, 0.6) is 0 Å². The molecule has 0 unspecified atom stereocenters. The first-order valence-corrected chi connectivity index (χ1v) is 11.3. The third kappa shape index (κ3) is 4.85.